The van der Waals surface area contributed by atoms with Crippen LogP contribution in [0.5, 0.6) is 0 Å². The summed E-state index contributed by atoms with van der Waals surface area (Å²) in [5.41, 5.74) is 0.405. The molecule has 0 unspecified atom stereocenters. The maximum absolute atomic E-state index is 12.0. The maximum Gasteiger partial charge on any atom is 0.322 e. The minimum Gasteiger partial charge on any atom is -0.467 e. The molecule has 1 aromatic heterocycles. The third-order valence-electron chi connectivity index (χ3n) is 2.51. The molecule has 2 amide bonds. The van der Waals surface area contributed by atoms with Crippen LogP contribution >= 0.6 is 23.2 Å². The van der Waals surface area contributed by atoms with Crippen molar-refractivity contribution in [3.05, 3.63) is 52.4 Å². The first-order chi connectivity index (χ1) is 9.08. The molecule has 19 heavy (non-hydrogen) atoms. The molecule has 0 aliphatic heterocycles. The average molecular weight is 299 g/mol. The third kappa shape index (κ3) is 3.43. The number of anilines is 1. The van der Waals surface area contributed by atoms with Crippen molar-refractivity contribution in [1.29, 1.82) is 0 Å². The Labute approximate surface area is 120 Å². The zero-order chi connectivity index (χ0) is 13.8. The smallest absolute Gasteiger partial charge is 0.322 e. The van der Waals surface area contributed by atoms with Crippen LogP contribution in [0.4, 0.5) is 10.5 Å². The van der Waals surface area contributed by atoms with E-state index < -0.39 is 0 Å². The van der Waals surface area contributed by atoms with Crippen molar-refractivity contribution >= 4 is 34.9 Å². The van der Waals surface area contributed by atoms with Gasteiger partial charge in [-0.15, -0.1) is 0 Å². The second-order valence-corrected chi connectivity index (χ2v) is 4.78. The summed E-state index contributed by atoms with van der Waals surface area (Å²) in [4.78, 5) is 13.5. The summed E-state index contributed by atoms with van der Waals surface area (Å²) in [6, 6.07) is 8.29. The molecule has 0 aliphatic rings. The molecule has 1 aromatic carbocycles. The van der Waals surface area contributed by atoms with Gasteiger partial charge in [0, 0.05) is 7.05 Å². The van der Waals surface area contributed by atoms with Gasteiger partial charge in [0.1, 0.15) is 5.76 Å². The highest BCUT2D eigenvalue weighted by Gasteiger charge is 2.14. The maximum atomic E-state index is 12.0. The fourth-order valence-electron chi connectivity index (χ4n) is 1.53. The topological polar surface area (TPSA) is 45.5 Å². The SMILES string of the molecule is CN(Cc1ccco1)C(=O)Nc1c(Cl)cccc1Cl. The van der Waals surface area contributed by atoms with Crippen LogP contribution in [0.2, 0.25) is 10.0 Å². The van der Waals surface area contributed by atoms with Gasteiger partial charge in [-0.2, -0.15) is 0 Å². The largest absolute Gasteiger partial charge is 0.467 e. The number of furan rings is 1. The molecule has 6 heteroatoms. The number of hydrogen-bond acceptors (Lipinski definition) is 2. The highest BCUT2D eigenvalue weighted by molar-refractivity contribution is 6.39. The van der Waals surface area contributed by atoms with Crippen molar-refractivity contribution < 1.29 is 9.21 Å². The van der Waals surface area contributed by atoms with E-state index in [1.165, 1.54) is 4.90 Å². The number of carbonyl (C=O) groups is 1. The predicted molar refractivity (Wildman–Crippen MR) is 75.7 cm³/mol. The second kappa shape index (κ2) is 5.99. The molecular weight excluding hydrogens is 287 g/mol. The van der Waals surface area contributed by atoms with Crippen LogP contribution in [0.1, 0.15) is 5.76 Å². The van der Waals surface area contributed by atoms with Crippen LogP contribution in [-0.2, 0) is 6.54 Å². The zero-order valence-electron chi connectivity index (χ0n) is 10.2. The number of carbonyl (C=O) groups excluding carboxylic acids is 1. The fraction of sp³-hybridized carbons (Fsp3) is 0.154. The summed E-state index contributed by atoms with van der Waals surface area (Å²) in [7, 11) is 1.66. The standard InChI is InChI=1S/C13H12Cl2N2O2/c1-17(8-9-4-3-7-19-9)13(18)16-12-10(14)5-2-6-11(12)15/h2-7H,8H2,1H3,(H,16,18). The highest BCUT2D eigenvalue weighted by Crippen LogP contribution is 2.29. The van der Waals surface area contributed by atoms with Gasteiger partial charge in [0.05, 0.1) is 28.5 Å². The van der Waals surface area contributed by atoms with E-state index in [0.29, 0.717) is 28.0 Å². The van der Waals surface area contributed by atoms with Crippen molar-refractivity contribution in [3.8, 4) is 0 Å². The fourth-order valence-corrected chi connectivity index (χ4v) is 2.02. The van der Waals surface area contributed by atoms with Crippen LogP contribution in [0.25, 0.3) is 0 Å². The van der Waals surface area contributed by atoms with Gasteiger partial charge in [0.2, 0.25) is 0 Å². The molecule has 0 saturated carbocycles. The molecule has 0 bridgehead atoms. The molecule has 0 radical (unpaired) electrons. The summed E-state index contributed by atoms with van der Waals surface area (Å²) >= 11 is 12.0. The van der Waals surface area contributed by atoms with Gasteiger partial charge in [-0.1, -0.05) is 29.3 Å². The van der Waals surface area contributed by atoms with Crippen molar-refractivity contribution in [2.45, 2.75) is 6.54 Å². The van der Waals surface area contributed by atoms with E-state index in [1.54, 1.807) is 43.6 Å². The number of urea groups is 1. The lowest BCUT2D eigenvalue weighted by molar-refractivity contribution is 0.217. The van der Waals surface area contributed by atoms with E-state index >= 15 is 0 Å². The van der Waals surface area contributed by atoms with Crippen molar-refractivity contribution in [2.75, 3.05) is 12.4 Å². The van der Waals surface area contributed by atoms with Crippen LogP contribution in [-0.4, -0.2) is 18.0 Å². The minimum atomic E-state index is -0.314. The monoisotopic (exact) mass is 298 g/mol. The number of halogens is 2. The van der Waals surface area contributed by atoms with Gasteiger partial charge in [-0.05, 0) is 24.3 Å². The number of para-hydroxylation sites is 1. The first-order valence-corrected chi connectivity index (χ1v) is 6.32. The Morgan fingerprint density at radius 1 is 1.26 bits per heavy atom. The Bertz CT molecular complexity index is 550. The summed E-state index contributed by atoms with van der Waals surface area (Å²) in [6.07, 6.45) is 1.56. The van der Waals surface area contributed by atoms with Crippen LogP contribution < -0.4 is 5.32 Å². The van der Waals surface area contributed by atoms with Gasteiger partial charge in [0.15, 0.2) is 0 Å². The molecule has 2 rings (SSSR count). The Balaban J connectivity index is 2.04. The molecule has 0 spiro atoms. The lowest BCUT2D eigenvalue weighted by Gasteiger charge is -2.17. The van der Waals surface area contributed by atoms with E-state index in [1.807, 2.05) is 0 Å². The first kappa shape index (κ1) is 13.8. The summed E-state index contributed by atoms with van der Waals surface area (Å²) in [5.74, 6) is 0.697. The van der Waals surface area contributed by atoms with E-state index in [-0.39, 0.29) is 6.03 Å². The van der Waals surface area contributed by atoms with Crippen molar-refractivity contribution in [3.63, 3.8) is 0 Å². The normalized spacial score (nSPS) is 10.3. The molecular formula is C13H12Cl2N2O2. The number of hydrogen-bond donors (Lipinski definition) is 1. The number of rotatable bonds is 3. The number of nitrogens with one attached hydrogen (secondary N) is 1. The zero-order valence-corrected chi connectivity index (χ0v) is 11.7. The van der Waals surface area contributed by atoms with Crippen LogP contribution in [0.3, 0.4) is 0 Å². The molecule has 2 aromatic rings. The second-order valence-electron chi connectivity index (χ2n) is 3.96. The van der Waals surface area contributed by atoms with Gasteiger partial charge in [-0.25, -0.2) is 4.79 Å². The molecule has 0 fully saturated rings. The lowest BCUT2D eigenvalue weighted by atomic mass is 10.3. The van der Waals surface area contributed by atoms with E-state index in [9.17, 15) is 4.79 Å². The minimum absolute atomic E-state index is 0.314. The molecule has 0 atom stereocenters. The predicted octanol–water partition coefficient (Wildman–Crippen LogP) is 4.25. The third-order valence-corrected chi connectivity index (χ3v) is 3.14. The summed E-state index contributed by atoms with van der Waals surface area (Å²) in [6.45, 7) is 0.362. The van der Waals surface area contributed by atoms with Crippen LogP contribution in [0.15, 0.2) is 41.0 Å². The molecule has 1 N–H and O–H groups in total. The van der Waals surface area contributed by atoms with Gasteiger partial charge in [0.25, 0.3) is 0 Å². The Hall–Kier alpha value is -1.65. The Morgan fingerprint density at radius 2 is 1.95 bits per heavy atom. The number of benzene rings is 1. The van der Waals surface area contributed by atoms with Crippen molar-refractivity contribution in [2.24, 2.45) is 0 Å². The highest BCUT2D eigenvalue weighted by atomic mass is 35.5. The summed E-state index contributed by atoms with van der Waals surface area (Å²) in [5, 5.41) is 3.46. The van der Waals surface area contributed by atoms with E-state index in [2.05, 4.69) is 5.32 Å². The molecule has 0 saturated heterocycles. The average Bonchev–Trinajstić information content (AvgIpc) is 2.86. The lowest BCUT2D eigenvalue weighted by Crippen LogP contribution is -2.30. The molecule has 100 valence electrons. The molecule has 1 heterocycles. The van der Waals surface area contributed by atoms with Gasteiger partial charge >= 0.3 is 6.03 Å². The number of nitrogens with zero attached hydrogens (tertiary/aromatic N) is 1. The van der Waals surface area contributed by atoms with Gasteiger partial charge < -0.3 is 14.6 Å². The van der Waals surface area contributed by atoms with E-state index in [0.717, 1.165) is 0 Å². The molecule has 4 nitrogen and oxygen atoms in total. The summed E-state index contributed by atoms with van der Waals surface area (Å²) < 4.78 is 5.18. The van der Waals surface area contributed by atoms with E-state index in [4.69, 9.17) is 27.6 Å². The Kier molecular flexibility index (Phi) is 4.35. The quantitative estimate of drug-likeness (QED) is 0.920. The van der Waals surface area contributed by atoms with Crippen molar-refractivity contribution in [1.82, 2.24) is 4.90 Å². The Morgan fingerprint density at radius 3 is 2.53 bits per heavy atom. The first-order valence-electron chi connectivity index (χ1n) is 5.56. The molecule has 0 aliphatic carbocycles. The van der Waals surface area contributed by atoms with Crippen LogP contribution in [0, 0.1) is 0 Å². The number of amides is 2. The van der Waals surface area contributed by atoms with Gasteiger partial charge in [-0.3, -0.25) is 0 Å².